The first kappa shape index (κ1) is 21.4. The molecule has 1 saturated heterocycles. The van der Waals surface area contributed by atoms with E-state index in [9.17, 15) is 22.8 Å². The third-order valence-electron chi connectivity index (χ3n) is 4.38. The SMILES string of the molecule is CC(=O)Nc1cc(C(=O)N2CCC(Oc3cccc(OC(F)(F)F)c3)CC2)ccn1. The smallest absolute Gasteiger partial charge is 0.490 e. The van der Waals surface area contributed by atoms with E-state index in [0.717, 1.165) is 0 Å². The van der Waals surface area contributed by atoms with E-state index in [1.54, 1.807) is 17.0 Å². The number of aromatic nitrogens is 1. The zero-order valence-corrected chi connectivity index (χ0v) is 16.1. The number of nitrogens with zero attached hydrogens (tertiary/aromatic N) is 2. The fourth-order valence-corrected chi connectivity index (χ4v) is 3.11. The number of carbonyl (C=O) groups excluding carboxylic acids is 2. The van der Waals surface area contributed by atoms with Crippen LogP contribution < -0.4 is 14.8 Å². The standard InChI is InChI=1S/C20H20F3N3O4/c1-13(27)25-18-11-14(5-8-24-18)19(28)26-9-6-15(7-10-26)29-16-3-2-4-17(12-16)30-20(21,22)23/h2-5,8,11-12,15H,6-7,9-10H2,1H3,(H,24,25,27). The van der Waals surface area contributed by atoms with Gasteiger partial charge in [0, 0.05) is 50.7 Å². The van der Waals surface area contributed by atoms with Crippen molar-refractivity contribution in [2.45, 2.75) is 32.2 Å². The average molecular weight is 423 g/mol. The Kier molecular flexibility index (Phi) is 6.43. The summed E-state index contributed by atoms with van der Waals surface area (Å²) in [7, 11) is 0. The Labute approximate surface area is 170 Å². The van der Waals surface area contributed by atoms with Gasteiger partial charge in [-0.2, -0.15) is 0 Å². The van der Waals surface area contributed by atoms with Crippen LogP contribution in [0.15, 0.2) is 42.6 Å². The molecule has 0 atom stereocenters. The first-order valence-corrected chi connectivity index (χ1v) is 9.25. The molecule has 30 heavy (non-hydrogen) atoms. The molecule has 0 unspecified atom stereocenters. The van der Waals surface area contributed by atoms with Crippen molar-refractivity contribution < 1.29 is 32.2 Å². The van der Waals surface area contributed by atoms with Crippen LogP contribution in [0.25, 0.3) is 0 Å². The summed E-state index contributed by atoms with van der Waals surface area (Å²) in [5.74, 6) is -0.249. The van der Waals surface area contributed by atoms with Crippen molar-refractivity contribution in [1.82, 2.24) is 9.88 Å². The summed E-state index contributed by atoms with van der Waals surface area (Å²) in [6, 6.07) is 8.45. The largest absolute Gasteiger partial charge is 0.573 e. The van der Waals surface area contributed by atoms with Gasteiger partial charge >= 0.3 is 6.36 Å². The number of amides is 2. The van der Waals surface area contributed by atoms with Crippen LogP contribution in [0.2, 0.25) is 0 Å². The molecule has 7 nitrogen and oxygen atoms in total. The van der Waals surface area contributed by atoms with E-state index >= 15 is 0 Å². The van der Waals surface area contributed by atoms with Crippen LogP contribution >= 0.6 is 0 Å². The Morgan fingerprint density at radius 1 is 1.13 bits per heavy atom. The maximum atomic E-state index is 12.7. The molecular weight excluding hydrogens is 403 g/mol. The third-order valence-corrected chi connectivity index (χ3v) is 4.38. The average Bonchev–Trinajstić information content (AvgIpc) is 2.67. The van der Waals surface area contributed by atoms with Gasteiger partial charge in [-0.05, 0) is 24.3 Å². The molecule has 1 fully saturated rings. The third kappa shape index (κ3) is 6.10. The summed E-state index contributed by atoms with van der Waals surface area (Å²) in [5, 5.41) is 2.53. The van der Waals surface area contributed by atoms with E-state index in [1.807, 2.05) is 0 Å². The molecule has 1 aromatic carbocycles. The highest BCUT2D eigenvalue weighted by Gasteiger charge is 2.31. The van der Waals surface area contributed by atoms with Crippen LogP contribution in [0.3, 0.4) is 0 Å². The highest BCUT2D eigenvalue weighted by atomic mass is 19.4. The molecule has 0 radical (unpaired) electrons. The fraction of sp³-hybridized carbons (Fsp3) is 0.350. The first-order valence-electron chi connectivity index (χ1n) is 9.25. The van der Waals surface area contributed by atoms with E-state index in [-0.39, 0.29) is 29.4 Å². The highest BCUT2D eigenvalue weighted by Crippen LogP contribution is 2.28. The lowest BCUT2D eigenvalue weighted by molar-refractivity contribution is -0.274. The maximum absolute atomic E-state index is 12.7. The number of ether oxygens (including phenoxy) is 2. The quantitative estimate of drug-likeness (QED) is 0.795. The summed E-state index contributed by atoms with van der Waals surface area (Å²) in [6.45, 7) is 2.21. The number of anilines is 1. The number of nitrogens with one attached hydrogen (secondary N) is 1. The second-order valence-corrected chi connectivity index (χ2v) is 6.74. The molecule has 1 aliphatic heterocycles. The molecule has 10 heteroatoms. The summed E-state index contributed by atoms with van der Waals surface area (Å²) in [4.78, 5) is 29.5. The maximum Gasteiger partial charge on any atom is 0.573 e. The number of rotatable bonds is 5. The lowest BCUT2D eigenvalue weighted by atomic mass is 10.1. The summed E-state index contributed by atoms with van der Waals surface area (Å²) < 4.78 is 46.7. The Bertz CT molecular complexity index is 912. The molecule has 2 heterocycles. The van der Waals surface area contributed by atoms with Gasteiger partial charge in [-0.15, -0.1) is 13.2 Å². The molecule has 0 aliphatic carbocycles. The Morgan fingerprint density at radius 3 is 2.50 bits per heavy atom. The Balaban J connectivity index is 1.55. The zero-order valence-electron chi connectivity index (χ0n) is 16.1. The molecule has 1 aromatic heterocycles. The minimum absolute atomic E-state index is 0.192. The molecular formula is C20H20F3N3O4. The molecule has 0 saturated carbocycles. The van der Waals surface area contributed by atoms with E-state index in [4.69, 9.17) is 4.74 Å². The molecule has 1 aliphatic rings. The van der Waals surface area contributed by atoms with Crippen LogP contribution in [-0.2, 0) is 4.79 Å². The number of hydrogen-bond donors (Lipinski definition) is 1. The summed E-state index contributed by atoms with van der Waals surface area (Å²) in [6.07, 6.45) is -2.50. The van der Waals surface area contributed by atoms with Gasteiger partial charge in [0.05, 0.1) is 0 Å². The first-order chi connectivity index (χ1) is 14.2. The number of likely N-dealkylation sites (tertiary alicyclic amines) is 1. The van der Waals surface area contributed by atoms with Crippen molar-refractivity contribution in [3.8, 4) is 11.5 Å². The van der Waals surface area contributed by atoms with Crippen molar-refractivity contribution in [3.63, 3.8) is 0 Å². The second-order valence-electron chi connectivity index (χ2n) is 6.74. The van der Waals surface area contributed by atoms with Crippen molar-refractivity contribution in [2.75, 3.05) is 18.4 Å². The summed E-state index contributed by atoms with van der Waals surface area (Å²) in [5.41, 5.74) is 0.408. The van der Waals surface area contributed by atoms with Gasteiger partial charge in [-0.25, -0.2) is 4.98 Å². The van der Waals surface area contributed by atoms with Crippen LogP contribution in [0, 0.1) is 0 Å². The normalized spacial score (nSPS) is 14.9. The minimum atomic E-state index is -4.77. The topological polar surface area (TPSA) is 80.8 Å². The van der Waals surface area contributed by atoms with E-state index in [1.165, 1.54) is 37.4 Å². The van der Waals surface area contributed by atoms with Gasteiger partial charge in [0.25, 0.3) is 5.91 Å². The summed E-state index contributed by atoms with van der Waals surface area (Å²) >= 11 is 0. The zero-order chi connectivity index (χ0) is 21.7. The highest BCUT2D eigenvalue weighted by molar-refractivity contribution is 5.96. The van der Waals surface area contributed by atoms with E-state index < -0.39 is 6.36 Å². The number of pyridine rings is 1. The van der Waals surface area contributed by atoms with Crippen molar-refractivity contribution >= 4 is 17.6 Å². The number of alkyl halides is 3. The number of halogens is 3. The molecule has 2 aromatic rings. The van der Waals surface area contributed by atoms with Gasteiger partial charge in [0.2, 0.25) is 5.91 Å². The minimum Gasteiger partial charge on any atom is -0.490 e. The lowest BCUT2D eigenvalue weighted by Gasteiger charge is -2.32. The van der Waals surface area contributed by atoms with E-state index in [2.05, 4.69) is 15.0 Å². The van der Waals surface area contributed by atoms with Gasteiger partial charge < -0.3 is 19.7 Å². The van der Waals surface area contributed by atoms with Crippen LogP contribution in [0.1, 0.15) is 30.1 Å². The molecule has 0 bridgehead atoms. The van der Waals surface area contributed by atoms with Gasteiger partial charge in [-0.3, -0.25) is 9.59 Å². The van der Waals surface area contributed by atoms with Gasteiger partial charge in [-0.1, -0.05) is 6.07 Å². The molecule has 0 spiro atoms. The lowest BCUT2D eigenvalue weighted by Crippen LogP contribution is -2.41. The monoisotopic (exact) mass is 423 g/mol. The Morgan fingerprint density at radius 2 is 1.83 bits per heavy atom. The van der Waals surface area contributed by atoms with E-state index in [0.29, 0.717) is 37.3 Å². The Hall–Kier alpha value is -3.30. The number of carbonyl (C=O) groups is 2. The van der Waals surface area contributed by atoms with Crippen molar-refractivity contribution in [1.29, 1.82) is 0 Å². The van der Waals surface area contributed by atoms with Gasteiger partial charge in [0.1, 0.15) is 23.4 Å². The number of hydrogen-bond acceptors (Lipinski definition) is 5. The molecule has 1 N–H and O–H groups in total. The molecule has 3 rings (SSSR count). The van der Waals surface area contributed by atoms with Gasteiger partial charge in [0.15, 0.2) is 0 Å². The molecule has 160 valence electrons. The molecule has 2 amide bonds. The number of benzene rings is 1. The second kappa shape index (κ2) is 9.02. The van der Waals surface area contributed by atoms with Crippen LogP contribution in [0.5, 0.6) is 11.5 Å². The van der Waals surface area contributed by atoms with Crippen LogP contribution in [0.4, 0.5) is 19.0 Å². The fourth-order valence-electron chi connectivity index (χ4n) is 3.11. The number of piperidine rings is 1. The predicted molar refractivity (Wildman–Crippen MR) is 101 cm³/mol. The predicted octanol–water partition coefficient (Wildman–Crippen LogP) is 3.62. The van der Waals surface area contributed by atoms with Crippen molar-refractivity contribution in [3.05, 3.63) is 48.2 Å². The van der Waals surface area contributed by atoms with Crippen molar-refractivity contribution in [2.24, 2.45) is 0 Å². The van der Waals surface area contributed by atoms with Crippen LogP contribution in [-0.4, -0.2) is 47.3 Å².